The fraction of sp³-hybridized carbons (Fsp3) is 0.340. The molecule has 7 heterocycles. The number of nitrogens with zero attached hydrogens (tertiary/aromatic N) is 6. The van der Waals surface area contributed by atoms with Gasteiger partial charge in [0.15, 0.2) is 34.6 Å². The van der Waals surface area contributed by atoms with Gasteiger partial charge >= 0.3 is 0 Å². The van der Waals surface area contributed by atoms with Crippen LogP contribution in [0, 0.1) is 17.5 Å². The third-order valence-electron chi connectivity index (χ3n) is 13.5. The molecule has 0 saturated carbocycles. The second-order valence-corrected chi connectivity index (χ2v) is 18.7. The Bertz CT molecular complexity index is 3260. The van der Waals surface area contributed by atoms with E-state index in [1.165, 1.54) is 36.0 Å². The number of rotatable bonds is 9. The third kappa shape index (κ3) is 8.82. The number of anilines is 1. The first-order valence-corrected chi connectivity index (χ1v) is 24.0. The van der Waals surface area contributed by atoms with E-state index in [4.69, 9.17) is 32.7 Å². The van der Waals surface area contributed by atoms with Gasteiger partial charge in [0.1, 0.15) is 22.2 Å². The Morgan fingerprint density at radius 3 is 1.53 bits per heavy atom. The largest absolute Gasteiger partial charge is 0.450 e. The summed E-state index contributed by atoms with van der Waals surface area (Å²) in [5, 5.41) is 6.44. The number of ether oxygens (including phenoxy) is 2. The van der Waals surface area contributed by atoms with Crippen LogP contribution in [0.3, 0.4) is 0 Å². The molecule has 6 aromatic rings. The molecular formula is C50H47Cl2F3N8O7. The fourth-order valence-electron chi connectivity index (χ4n) is 9.82. The molecule has 0 atom stereocenters. The average Bonchev–Trinajstić information content (AvgIpc) is 4.08. The topological polar surface area (TPSA) is 151 Å². The molecule has 15 nitrogen and oxygen atoms in total. The predicted molar refractivity (Wildman–Crippen MR) is 260 cm³/mol. The van der Waals surface area contributed by atoms with Gasteiger partial charge in [-0.15, -0.1) is 0 Å². The molecule has 3 fully saturated rings. The average molecular weight is 1000 g/mol. The van der Waals surface area contributed by atoms with Crippen LogP contribution in [-0.4, -0.2) is 120 Å². The van der Waals surface area contributed by atoms with E-state index in [0.717, 1.165) is 57.9 Å². The molecule has 0 bridgehead atoms. The fourth-order valence-corrected chi connectivity index (χ4v) is 10.1. The van der Waals surface area contributed by atoms with Crippen molar-refractivity contribution < 1.29 is 37.0 Å². The number of amides is 3. The van der Waals surface area contributed by atoms with Crippen molar-refractivity contribution in [3.8, 4) is 34.4 Å². The number of fused-ring (bicyclic) bond motifs is 4. The van der Waals surface area contributed by atoms with Crippen molar-refractivity contribution in [2.24, 2.45) is 0 Å². The quantitative estimate of drug-likeness (QED) is 0.152. The molecule has 0 radical (unpaired) electrons. The van der Waals surface area contributed by atoms with Crippen LogP contribution < -0.4 is 35.9 Å². The van der Waals surface area contributed by atoms with E-state index >= 15 is 4.39 Å². The number of hydrogen-bond acceptors (Lipinski definition) is 10. The molecule has 2 aromatic heterocycles. The summed E-state index contributed by atoms with van der Waals surface area (Å²) in [4.78, 5) is 72.6. The van der Waals surface area contributed by atoms with Crippen LogP contribution >= 0.6 is 23.2 Å². The minimum atomic E-state index is -1.23. The molecular weight excluding hydrogens is 952 g/mol. The molecule has 11 rings (SSSR count). The Morgan fingerprint density at radius 2 is 1.06 bits per heavy atom. The summed E-state index contributed by atoms with van der Waals surface area (Å²) in [6.45, 7) is 9.39. The van der Waals surface area contributed by atoms with Gasteiger partial charge in [0.05, 0.1) is 27.8 Å². The molecule has 70 heavy (non-hydrogen) atoms. The number of pyridine rings is 2. The van der Waals surface area contributed by atoms with Crippen LogP contribution in [-0.2, 0) is 4.79 Å². The lowest BCUT2D eigenvalue weighted by Crippen LogP contribution is -2.48. The highest BCUT2D eigenvalue weighted by molar-refractivity contribution is 6.31. The Labute approximate surface area is 408 Å². The number of piperazine rings is 1. The molecule has 3 amide bonds. The summed E-state index contributed by atoms with van der Waals surface area (Å²) in [5.74, 6) is -4.14. The van der Waals surface area contributed by atoms with Crippen molar-refractivity contribution >= 4 is 68.4 Å². The van der Waals surface area contributed by atoms with E-state index in [2.05, 4.69) is 20.4 Å². The zero-order valence-electron chi connectivity index (χ0n) is 38.0. The SMILES string of the molecule is CC(=O)N1CCN(c2cc3c(=O)c(C(=O)NCCN4CCCC4)cn4c3c(c2F)Oc2cc(Cl)ccc2-4)CC1.O=C(NCCN1CCCC1)c1cn2c3c(c(F)c(F)cc3c1=O)Oc1cc(Cl)ccc1-2. The van der Waals surface area contributed by atoms with E-state index in [9.17, 15) is 32.8 Å². The van der Waals surface area contributed by atoms with Gasteiger partial charge in [-0.05, 0) is 88.3 Å². The number of carbonyl (C=O) groups excluding carboxylic acids is 3. The molecule has 0 unspecified atom stereocenters. The number of halogens is 5. The van der Waals surface area contributed by atoms with Gasteiger partial charge in [0.2, 0.25) is 22.6 Å². The van der Waals surface area contributed by atoms with E-state index in [1.54, 1.807) is 44.7 Å². The van der Waals surface area contributed by atoms with E-state index in [0.29, 0.717) is 79.5 Å². The number of aromatic nitrogens is 2. The normalized spacial score (nSPS) is 16.0. The highest BCUT2D eigenvalue weighted by atomic mass is 35.5. The predicted octanol–water partition coefficient (Wildman–Crippen LogP) is 7.24. The van der Waals surface area contributed by atoms with Crippen LogP contribution in [0.2, 0.25) is 10.0 Å². The van der Waals surface area contributed by atoms with Crippen molar-refractivity contribution in [3.63, 3.8) is 0 Å². The Balaban J connectivity index is 0.000000166. The van der Waals surface area contributed by atoms with Crippen molar-refractivity contribution in [2.45, 2.75) is 32.6 Å². The first kappa shape index (κ1) is 47.1. The minimum absolute atomic E-state index is 0.0309. The molecule has 4 aromatic carbocycles. The lowest BCUT2D eigenvalue weighted by molar-refractivity contribution is -0.129. The molecule has 2 N–H and O–H groups in total. The lowest BCUT2D eigenvalue weighted by Gasteiger charge is -2.36. The van der Waals surface area contributed by atoms with Gasteiger partial charge in [-0.25, -0.2) is 8.78 Å². The molecule has 0 aliphatic carbocycles. The maximum atomic E-state index is 16.1. The standard InChI is InChI=1S/C28H29ClFN5O4.C22H18ClF2N3O3/c1-17(36)33-10-12-34(13-11-33)22-15-19-25-27(24(22)30)39-23-14-18(29)4-5-21(23)35(25)16-20(26(19)37)28(38)31-6-9-32-7-2-3-8-32;23-12-3-4-16-17(9-12)31-21-18(25)15(24)10-13-19(21)28(16)11-14(20(13)29)22(30)26-5-8-27-6-1-2-7-27/h4-5,14-16H,2-3,6-13H2,1H3,(H,31,38);3-4,9-11H,1-2,5-8H2,(H,26,30). The maximum Gasteiger partial charge on any atom is 0.256 e. The molecule has 364 valence electrons. The zero-order chi connectivity index (χ0) is 49.0. The van der Waals surface area contributed by atoms with Gasteiger partial charge < -0.3 is 48.8 Å². The van der Waals surface area contributed by atoms with Crippen molar-refractivity contribution in [1.29, 1.82) is 0 Å². The molecule has 3 saturated heterocycles. The van der Waals surface area contributed by atoms with Gasteiger partial charge in [0.25, 0.3) is 11.8 Å². The summed E-state index contributed by atoms with van der Waals surface area (Å²) in [7, 11) is 0. The van der Waals surface area contributed by atoms with Gasteiger partial charge in [0, 0.05) is 93.9 Å². The van der Waals surface area contributed by atoms with Crippen LogP contribution in [0.4, 0.5) is 18.9 Å². The van der Waals surface area contributed by atoms with Crippen molar-refractivity contribution in [1.82, 2.24) is 34.5 Å². The highest BCUT2D eigenvalue weighted by Crippen LogP contribution is 2.46. The highest BCUT2D eigenvalue weighted by Gasteiger charge is 2.33. The second kappa shape index (κ2) is 19.3. The number of hydrogen-bond donors (Lipinski definition) is 2. The summed E-state index contributed by atoms with van der Waals surface area (Å²) >= 11 is 12.2. The van der Waals surface area contributed by atoms with Crippen LogP contribution in [0.1, 0.15) is 53.3 Å². The number of carbonyl (C=O) groups is 3. The number of benzene rings is 4. The molecule has 20 heteroatoms. The summed E-state index contributed by atoms with van der Waals surface area (Å²) in [6, 6.07) is 12.0. The van der Waals surface area contributed by atoms with Crippen LogP contribution in [0.25, 0.3) is 33.2 Å². The van der Waals surface area contributed by atoms with Crippen molar-refractivity contribution in [3.05, 3.63) is 120 Å². The van der Waals surface area contributed by atoms with Crippen LogP contribution in [0.15, 0.2) is 70.5 Å². The van der Waals surface area contributed by atoms with E-state index < -0.39 is 45.9 Å². The van der Waals surface area contributed by atoms with Gasteiger partial charge in [-0.1, -0.05) is 23.2 Å². The van der Waals surface area contributed by atoms with Gasteiger partial charge in [-0.3, -0.25) is 24.0 Å². The minimum Gasteiger partial charge on any atom is -0.450 e. The monoisotopic (exact) mass is 998 g/mol. The van der Waals surface area contributed by atoms with Crippen molar-refractivity contribution in [2.75, 3.05) is 83.4 Å². The molecule has 0 spiro atoms. The summed E-state index contributed by atoms with van der Waals surface area (Å²) in [6.07, 6.45) is 7.38. The smallest absolute Gasteiger partial charge is 0.256 e. The lowest BCUT2D eigenvalue weighted by atomic mass is 10.1. The first-order chi connectivity index (χ1) is 33.7. The third-order valence-corrected chi connectivity index (χ3v) is 13.9. The second-order valence-electron chi connectivity index (χ2n) is 17.8. The Kier molecular flexibility index (Phi) is 13.0. The van der Waals surface area contributed by atoms with Gasteiger partial charge in [-0.2, -0.15) is 4.39 Å². The molecule has 5 aliphatic heterocycles. The maximum absolute atomic E-state index is 16.1. The summed E-state index contributed by atoms with van der Waals surface area (Å²) < 4.78 is 59.5. The number of likely N-dealkylation sites (tertiary alicyclic amines) is 2. The Morgan fingerprint density at radius 1 is 0.600 bits per heavy atom. The summed E-state index contributed by atoms with van der Waals surface area (Å²) in [5.41, 5.74) is 0.146. The van der Waals surface area contributed by atoms with E-state index in [-0.39, 0.29) is 56.0 Å². The van der Waals surface area contributed by atoms with Crippen LogP contribution in [0.5, 0.6) is 23.0 Å². The van der Waals surface area contributed by atoms with E-state index in [1.807, 2.05) is 0 Å². The Hall–Kier alpha value is -6.60. The first-order valence-electron chi connectivity index (χ1n) is 23.2. The molecule has 5 aliphatic rings. The zero-order valence-corrected chi connectivity index (χ0v) is 39.5. The number of nitrogens with one attached hydrogen (secondary N) is 2.